The summed E-state index contributed by atoms with van der Waals surface area (Å²) in [6.45, 7) is 4.02. The predicted octanol–water partition coefficient (Wildman–Crippen LogP) is 8.36. The third-order valence-corrected chi connectivity index (χ3v) is 6.94. The number of imidazole rings is 1. The summed E-state index contributed by atoms with van der Waals surface area (Å²) in [5, 5.41) is 3.65. The maximum absolute atomic E-state index is 12.2. The molecule has 0 atom stereocenters. The Morgan fingerprint density at radius 2 is 1.49 bits per heavy atom. The average molecular weight is 496 g/mol. The number of carbonyl (C=O) groups excluding carboxylic acids is 1. The van der Waals surface area contributed by atoms with E-state index in [9.17, 15) is 4.79 Å². The molecule has 0 aliphatic rings. The molecule has 4 nitrogen and oxygen atoms in total. The van der Waals surface area contributed by atoms with Crippen molar-refractivity contribution < 1.29 is 4.79 Å². The number of unbranched alkanes of at least 4 members (excludes halogenated alkanes) is 10. The number of fused-ring (bicyclic) bond motifs is 1. The van der Waals surface area contributed by atoms with E-state index in [0.717, 1.165) is 37.7 Å². The number of halogens is 1. The Bertz CT molecular complexity index is 1010. The molecule has 3 rings (SSSR count). The molecule has 0 unspecified atom stereocenters. The van der Waals surface area contributed by atoms with Crippen molar-refractivity contribution in [2.45, 2.75) is 96.9 Å². The molecule has 190 valence electrons. The number of hydrogen-bond acceptors (Lipinski definition) is 2. The summed E-state index contributed by atoms with van der Waals surface area (Å²) in [5.74, 6) is 1.17. The summed E-state index contributed by atoms with van der Waals surface area (Å²) < 4.78 is 2.44. The molecule has 0 saturated heterocycles. The van der Waals surface area contributed by atoms with Crippen molar-refractivity contribution in [3.05, 3.63) is 64.9 Å². The van der Waals surface area contributed by atoms with Gasteiger partial charge in [0.2, 0.25) is 0 Å². The van der Waals surface area contributed by atoms with E-state index in [0.29, 0.717) is 17.1 Å². The van der Waals surface area contributed by atoms with Crippen LogP contribution in [0.4, 0.5) is 0 Å². The van der Waals surface area contributed by atoms with Crippen molar-refractivity contribution in [3.8, 4) is 0 Å². The zero-order chi connectivity index (χ0) is 24.7. The lowest BCUT2D eigenvalue weighted by Gasteiger charge is -2.10. The molecule has 5 heteroatoms. The summed E-state index contributed by atoms with van der Waals surface area (Å²) in [6, 6.07) is 15.5. The van der Waals surface area contributed by atoms with Crippen molar-refractivity contribution in [3.63, 3.8) is 0 Å². The number of aryl methyl sites for hydroxylation is 2. The molecule has 1 amide bonds. The first-order valence-corrected chi connectivity index (χ1v) is 14.0. The highest BCUT2D eigenvalue weighted by molar-refractivity contribution is 6.30. The fraction of sp³-hybridized carbons (Fsp3) is 0.533. The molecule has 0 radical (unpaired) electrons. The van der Waals surface area contributed by atoms with Gasteiger partial charge in [-0.15, -0.1) is 0 Å². The lowest BCUT2D eigenvalue weighted by molar-refractivity contribution is 0.0953. The van der Waals surface area contributed by atoms with E-state index in [1.54, 1.807) is 24.3 Å². The van der Waals surface area contributed by atoms with Gasteiger partial charge in [-0.1, -0.05) is 88.4 Å². The van der Waals surface area contributed by atoms with Gasteiger partial charge in [0.1, 0.15) is 5.82 Å². The standard InChI is InChI=1S/C30H42ClN3O/c1-2-3-4-5-6-7-8-9-15-24-34-28-17-13-12-16-27(28)33-29(34)18-11-10-14-23-32-30(35)25-19-21-26(31)22-20-25/h12-13,16-17,19-22H,2-11,14-15,18,23-24H2,1H3,(H,32,35). The molecule has 0 aliphatic carbocycles. The monoisotopic (exact) mass is 495 g/mol. The quantitative estimate of drug-likeness (QED) is 0.191. The van der Waals surface area contributed by atoms with E-state index >= 15 is 0 Å². The first kappa shape index (κ1) is 27.3. The average Bonchev–Trinajstić information content (AvgIpc) is 3.22. The molecular formula is C30H42ClN3O. The van der Waals surface area contributed by atoms with Crippen molar-refractivity contribution >= 4 is 28.5 Å². The van der Waals surface area contributed by atoms with Crippen LogP contribution in [0.2, 0.25) is 5.02 Å². The van der Waals surface area contributed by atoms with E-state index in [1.165, 1.54) is 69.1 Å². The molecule has 0 saturated carbocycles. The van der Waals surface area contributed by atoms with Gasteiger partial charge in [-0.25, -0.2) is 4.98 Å². The molecule has 0 fully saturated rings. The summed E-state index contributed by atoms with van der Waals surface area (Å²) >= 11 is 5.89. The van der Waals surface area contributed by atoms with Crippen LogP contribution in [0.1, 0.15) is 100 Å². The van der Waals surface area contributed by atoms with Gasteiger partial charge >= 0.3 is 0 Å². The Morgan fingerprint density at radius 1 is 0.829 bits per heavy atom. The molecule has 35 heavy (non-hydrogen) atoms. The van der Waals surface area contributed by atoms with Gasteiger partial charge in [-0.05, 0) is 55.7 Å². The maximum Gasteiger partial charge on any atom is 0.251 e. The van der Waals surface area contributed by atoms with Crippen molar-refractivity contribution in [2.75, 3.05) is 6.54 Å². The lowest BCUT2D eigenvalue weighted by Crippen LogP contribution is -2.24. The van der Waals surface area contributed by atoms with Crippen LogP contribution in [-0.2, 0) is 13.0 Å². The minimum Gasteiger partial charge on any atom is -0.352 e. The Balaban J connectivity index is 1.37. The number of nitrogens with one attached hydrogen (secondary N) is 1. The Hall–Kier alpha value is -2.33. The summed E-state index contributed by atoms with van der Waals surface area (Å²) in [7, 11) is 0. The molecule has 1 N–H and O–H groups in total. The third kappa shape index (κ3) is 9.33. The second-order valence-corrected chi connectivity index (χ2v) is 10.0. The first-order chi connectivity index (χ1) is 17.2. The van der Waals surface area contributed by atoms with Crippen molar-refractivity contribution in [1.82, 2.24) is 14.9 Å². The van der Waals surface area contributed by atoms with Crippen LogP contribution in [0.3, 0.4) is 0 Å². The van der Waals surface area contributed by atoms with Crippen molar-refractivity contribution in [2.24, 2.45) is 0 Å². The van der Waals surface area contributed by atoms with Crippen LogP contribution >= 0.6 is 11.6 Å². The zero-order valence-electron chi connectivity index (χ0n) is 21.4. The highest BCUT2D eigenvalue weighted by Crippen LogP contribution is 2.19. The minimum atomic E-state index is -0.0376. The normalized spacial score (nSPS) is 11.3. The molecular weight excluding hydrogens is 454 g/mol. The van der Waals surface area contributed by atoms with Gasteiger partial charge in [-0.3, -0.25) is 4.79 Å². The highest BCUT2D eigenvalue weighted by atomic mass is 35.5. The lowest BCUT2D eigenvalue weighted by atomic mass is 10.1. The second-order valence-electron chi connectivity index (χ2n) is 9.57. The number of para-hydroxylation sites is 2. The summed E-state index contributed by atoms with van der Waals surface area (Å²) in [4.78, 5) is 17.2. The number of amides is 1. The molecule has 1 aromatic heterocycles. The molecule has 0 aliphatic heterocycles. The van der Waals surface area contributed by atoms with E-state index in [2.05, 4.69) is 41.1 Å². The highest BCUT2D eigenvalue weighted by Gasteiger charge is 2.10. The summed E-state index contributed by atoms with van der Waals surface area (Å²) in [6.07, 6.45) is 16.2. The number of carbonyl (C=O) groups is 1. The minimum absolute atomic E-state index is 0.0376. The van der Waals surface area contributed by atoms with Crippen LogP contribution in [0.5, 0.6) is 0 Å². The van der Waals surface area contributed by atoms with Crippen LogP contribution in [0.25, 0.3) is 11.0 Å². The SMILES string of the molecule is CCCCCCCCCCCn1c(CCCCCNC(=O)c2ccc(Cl)cc2)nc2ccccc21. The third-order valence-electron chi connectivity index (χ3n) is 6.69. The van der Waals surface area contributed by atoms with Crippen LogP contribution in [-0.4, -0.2) is 22.0 Å². The predicted molar refractivity (Wildman–Crippen MR) is 148 cm³/mol. The number of hydrogen-bond donors (Lipinski definition) is 1. The fourth-order valence-corrected chi connectivity index (χ4v) is 4.76. The number of benzene rings is 2. The van der Waals surface area contributed by atoms with Crippen molar-refractivity contribution in [1.29, 1.82) is 0 Å². The number of aromatic nitrogens is 2. The molecule has 0 spiro atoms. The smallest absolute Gasteiger partial charge is 0.251 e. The Morgan fingerprint density at radius 3 is 2.23 bits per heavy atom. The van der Waals surface area contributed by atoms with Gasteiger partial charge in [0, 0.05) is 30.1 Å². The number of rotatable bonds is 17. The molecule has 3 aromatic rings. The van der Waals surface area contributed by atoms with E-state index < -0.39 is 0 Å². The van der Waals surface area contributed by atoms with Crippen LogP contribution < -0.4 is 5.32 Å². The Labute approximate surface area is 216 Å². The summed E-state index contributed by atoms with van der Waals surface area (Å²) in [5.41, 5.74) is 3.02. The van der Waals surface area contributed by atoms with E-state index in [-0.39, 0.29) is 5.91 Å². The van der Waals surface area contributed by atoms with Crippen LogP contribution in [0, 0.1) is 0 Å². The second kappa shape index (κ2) is 15.6. The van der Waals surface area contributed by atoms with E-state index in [4.69, 9.17) is 16.6 Å². The van der Waals surface area contributed by atoms with Gasteiger partial charge in [0.15, 0.2) is 0 Å². The van der Waals surface area contributed by atoms with Gasteiger partial charge in [-0.2, -0.15) is 0 Å². The molecule has 2 aromatic carbocycles. The molecule has 1 heterocycles. The zero-order valence-corrected chi connectivity index (χ0v) is 22.2. The first-order valence-electron chi connectivity index (χ1n) is 13.7. The van der Waals surface area contributed by atoms with Gasteiger partial charge in [0.25, 0.3) is 5.91 Å². The maximum atomic E-state index is 12.2. The topological polar surface area (TPSA) is 46.9 Å². The Kier molecular flexibility index (Phi) is 12.2. The van der Waals surface area contributed by atoms with Crippen LogP contribution in [0.15, 0.2) is 48.5 Å². The fourth-order valence-electron chi connectivity index (χ4n) is 4.64. The van der Waals surface area contributed by atoms with E-state index in [1.807, 2.05) is 0 Å². The molecule has 0 bridgehead atoms. The largest absolute Gasteiger partial charge is 0.352 e. The van der Waals surface area contributed by atoms with Gasteiger partial charge in [0.05, 0.1) is 11.0 Å². The van der Waals surface area contributed by atoms with Gasteiger partial charge < -0.3 is 9.88 Å². The number of nitrogens with zero attached hydrogens (tertiary/aromatic N) is 2.